The molecule has 2 amide bonds. The predicted molar refractivity (Wildman–Crippen MR) is 92.3 cm³/mol. The van der Waals surface area contributed by atoms with Gasteiger partial charge in [-0.3, -0.25) is 9.59 Å². The van der Waals surface area contributed by atoms with Gasteiger partial charge in [0.05, 0.1) is 24.5 Å². The molecular weight excluding hydrogens is 308 g/mol. The van der Waals surface area contributed by atoms with E-state index in [9.17, 15) is 9.59 Å². The standard InChI is InChI=1S/C17H24N4O3/c18-16(22)13-5-4-12(10-15(13)21-7-2-1-3-8-21)20-17(23)14-11-24-9-6-19-14/h4-5,10,14,19H,1-3,6-9,11H2,(H2,18,22)(H,20,23). The zero-order valence-electron chi connectivity index (χ0n) is 13.7. The van der Waals surface area contributed by atoms with Crippen molar-refractivity contribution in [2.75, 3.05) is 43.1 Å². The molecule has 4 N–H and O–H groups in total. The van der Waals surface area contributed by atoms with Crippen molar-refractivity contribution in [2.24, 2.45) is 5.73 Å². The Labute approximate surface area is 141 Å². The molecule has 24 heavy (non-hydrogen) atoms. The number of nitrogens with one attached hydrogen (secondary N) is 2. The Morgan fingerprint density at radius 1 is 1.25 bits per heavy atom. The minimum Gasteiger partial charge on any atom is -0.378 e. The monoisotopic (exact) mass is 332 g/mol. The number of carbonyl (C=O) groups excluding carboxylic acids is 2. The van der Waals surface area contributed by atoms with Crippen LogP contribution < -0.4 is 21.3 Å². The van der Waals surface area contributed by atoms with Crippen molar-refractivity contribution in [3.8, 4) is 0 Å². The molecule has 0 aliphatic carbocycles. The molecule has 2 saturated heterocycles. The molecule has 2 aliphatic rings. The van der Waals surface area contributed by atoms with E-state index in [1.807, 2.05) is 6.07 Å². The van der Waals surface area contributed by atoms with Crippen molar-refractivity contribution in [2.45, 2.75) is 25.3 Å². The van der Waals surface area contributed by atoms with Crippen LogP contribution in [0.2, 0.25) is 0 Å². The first kappa shape index (κ1) is 16.7. The third-order valence-electron chi connectivity index (χ3n) is 4.47. The van der Waals surface area contributed by atoms with E-state index in [0.717, 1.165) is 31.6 Å². The highest BCUT2D eigenvalue weighted by Gasteiger charge is 2.22. The Balaban J connectivity index is 1.78. The third kappa shape index (κ3) is 3.85. The average molecular weight is 332 g/mol. The van der Waals surface area contributed by atoms with Gasteiger partial charge in [0.1, 0.15) is 6.04 Å². The molecule has 1 aromatic rings. The number of ether oxygens (including phenoxy) is 1. The van der Waals surface area contributed by atoms with Crippen LogP contribution in [0.25, 0.3) is 0 Å². The molecule has 3 rings (SSSR count). The van der Waals surface area contributed by atoms with Gasteiger partial charge in [0.25, 0.3) is 5.91 Å². The van der Waals surface area contributed by atoms with Gasteiger partial charge in [-0.2, -0.15) is 0 Å². The lowest BCUT2D eigenvalue weighted by Crippen LogP contribution is -2.48. The first-order valence-corrected chi connectivity index (χ1v) is 8.46. The van der Waals surface area contributed by atoms with Gasteiger partial charge < -0.3 is 26.0 Å². The number of primary amides is 1. The minimum absolute atomic E-state index is 0.133. The van der Waals surface area contributed by atoms with Gasteiger partial charge in [-0.25, -0.2) is 0 Å². The van der Waals surface area contributed by atoms with E-state index in [-0.39, 0.29) is 11.9 Å². The summed E-state index contributed by atoms with van der Waals surface area (Å²) in [5.74, 6) is -0.582. The number of hydrogen-bond donors (Lipinski definition) is 3. The summed E-state index contributed by atoms with van der Waals surface area (Å²) in [6.45, 7) is 3.45. The maximum Gasteiger partial charge on any atom is 0.250 e. The summed E-state index contributed by atoms with van der Waals surface area (Å²) in [7, 11) is 0. The molecular formula is C17H24N4O3. The molecule has 2 heterocycles. The summed E-state index contributed by atoms with van der Waals surface area (Å²) in [6.07, 6.45) is 3.39. The van der Waals surface area contributed by atoms with Gasteiger partial charge in [-0.15, -0.1) is 0 Å². The van der Waals surface area contributed by atoms with Gasteiger partial charge in [0.15, 0.2) is 0 Å². The first-order chi connectivity index (χ1) is 11.6. The van der Waals surface area contributed by atoms with Crippen molar-refractivity contribution in [3.05, 3.63) is 23.8 Å². The molecule has 0 radical (unpaired) electrons. The zero-order valence-corrected chi connectivity index (χ0v) is 13.7. The lowest BCUT2D eigenvalue weighted by Gasteiger charge is -2.30. The predicted octanol–water partition coefficient (Wildman–Crippen LogP) is 0.703. The largest absolute Gasteiger partial charge is 0.378 e. The Morgan fingerprint density at radius 3 is 2.71 bits per heavy atom. The number of rotatable bonds is 4. The number of piperidine rings is 1. The summed E-state index contributed by atoms with van der Waals surface area (Å²) in [5.41, 5.74) is 7.47. The third-order valence-corrected chi connectivity index (χ3v) is 4.47. The number of carbonyl (C=O) groups is 2. The normalized spacial score (nSPS) is 21.3. The fourth-order valence-corrected chi connectivity index (χ4v) is 3.18. The molecule has 1 atom stereocenters. The lowest BCUT2D eigenvalue weighted by atomic mass is 10.1. The van der Waals surface area contributed by atoms with Gasteiger partial charge in [0, 0.05) is 25.3 Å². The topological polar surface area (TPSA) is 96.7 Å². The zero-order chi connectivity index (χ0) is 16.9. The fourth-order valence-electron chi connectivity index (χ4n) is 3.18. The summed E-state index contributed by atoms with van der Waals surface area (Å²) in [5, 5.41) is 6.02. The van der Waals surface area contributed by atoms with Crippen LogP contribution in [0.1, 0.15) is 29.6 Å². The molecule has 1 aromatic carbocycles. The van der Waals surface area contributed by atoms with Crippen LogP contribution in [0.3, 0.4) is 0 Å². The maximum absolute atomic E-state index is 12.3. The number of hydrogen-bond acceptors (Lipinski definition) is 5. The lowest BCUT2D eigenvalue weighted by molar-refractivity contribution is -0.120. The number of nitrogens with zero attached hydrogens (tertiary/aromatic N) is 1. The van der Waals surface area contributed by atoms with Crippen LogP contribution >= 0.6 is 0 Å². The van der Waals surface area contributed by atoms with Crippen molar-refractivity contribution >= 4 is 23.2 Å². The van der Waals surface area contributed by atoms with Crippen molar-refractivity contribution in [1.82, 2.24) is 5.32 Å². The number of morpholine rings is 1. The number of nitrogens with two attached hydrogens (primary N) is 1. The highest BCUT2D eigenvalue weighted by molar-refractivity contribution is 6.01. The molecule has 1 unspecified atom stereocenters. The van der Waals surface area contributed by atoms with E-state index in [4.69, 9.17) is 10.5 Å². The maximum atomic E-state index is 12.3. The summed E-state index contributed by atoms with van der Waals surface area (Å²) in [4.78, 5) is 26.2. The van der Waals surface area contributed by atoms with Crippen molar-refractivity contribution in [1.29, 1.82) is 0 Å². The summed E-state index contributed by atoms with van der Waals surface area (Å²) in [6, 6.07) is 4.89. The quantitative estimate of drug-likeness (QED) is 0.754. The van der Waals surface area contributed by atoms with E-state index in [1.54, 1.807) is 12.1 Å². The second-order valence-electron chi connectivity index (χ2n) is 6.21. The molecule has 130 valence electrons. The molecule has 2 fully saturated rings. The molecule has 0 spiro atoms. The van der Waals surface area contributed by atoms with Crippen LogP contribution in [0.5, 0.6) is 0 Å². The molecule has 2 aliphatic heterocycles. The van der Waals surface area contributed by atoms with Crippen LogP contribution in [-0.2, 0) is 9.53 Å². The van der Waals surface area contributed by atoms with Crippen LogP contribution in [-0.4, -0.2) is 50.7 Å². The van der Waals surface area contributed by atoms with E-state index < -0.39 is 5.91 Å². The van der Waals surface area contributed by atoms with E-state index in [1.165, 1.54) is 6.42 Å². The van der Waals surface area contributed by atoms with Gasteiger partial charge in [-0.1, -0.05) is 0 Å². The highest BCUT2D eigenvalue weighted by atomic mass is 16.5. The second kappa shape index (κ2) is 7.63. The molecule has 7 heteroatoms. The summed E-state index contributed by atoms with van der Waals surface area (Å²) >= 11 is 0. The molecule has 7 nitrogen and oxygen atoms in total. The van der Waals surface area contributed by atoms with Crippen LogP contribution in [0, 0.1) is 0 Å². The number of benzene rings is 1. The first-order valence-electron chi connectivity index (χ1n) is 8.46. The number of anilines is 2. The van der Waals surface area contributed by atoms with Crippen LogP contribution in [0.15, 0.2) is 18.2 Å². The molecule has 0 bridgehead atoms. The van der Waals surface area contributed by atoms with E-state index >= 15 is 0 Å². The van der Waals surface area contributed by atoms with Crippen LogP contribution in [0.4, 0.5) is 11.4 Å². The molecule has 0 aromatic heterocycles. The van der Waals surface area contributed by atoms with Gasteiger partial charge in [-0.05, 0) is 37.5 Å². The Kier molecular flexibility index (Phi) is 5.32. The fraction of sp³-hybridized carbons (Fsp3) is 0.529. The highest BCUT2D eigenvalue weighted by Crippen LogP contribution is 2.27. The summed E-state index contributed by atoms with van der Waals surface area (Å²) < 4.78 is 5.32. The smallest absolute Gasteiger partial charge is 0.250 e. The number of amides is 2. The van der Waals surface area contributed by atoms with Crippen molar-refractivity contribution < 1.29 is 14.3 Å². The van der Waals surface area contributed by atoms with Crippen molar-refractivity contribution in [3.63, 3.8) is 0 Å². The SMILES string of the molecule is NC(=O)c1ccc(NC(=O)C2COCCN2)cc1N1CCCCC1. The van der Waals surface area contributed by atoms with Gasteiger partial charge >= 0.3 is 0 Å². The minimum atomic E-state index is -0.448. The average Bonchev–Trinajstić information content (AvgIpc) is 2.63. The van der Waals surface area contributed by atoms with Gasteiger partial charge in [0.2, 0.25) is 5.91 Å². The Morgan fingerprint density at radius 2 is 2.04 bits per heavy atom. The Hall–Kier alpha value is -2.12. The Bertz CT molecular complexity index is 608. The van der Waals surface area contributed by atoms with E-state index in [0.29, 0.717) is 31.0 Å². The second-order valence-corrected chi connectivity index (χ2v) is 6.21. The van der Waals surface area contributed by atoms with E-state index in [2.05, 4.69) is 15.5 Å². The molecule has 0 saturated carbocycles.